The number of benzene rings is 2. The lowest BCUT2D eigenvalue weighted by Gasteiger charge is -2.36. The van der Waals surface area contributed by atoms with Crippen LogP contribution in [0, 0.1) is 6.92 Å². The predicted molar refractivity (Wildman–Crippen MR) is 277 cm³/mol. The van der Waals surface area contributed by atoms with Crippen molar-refractivity contribution in [1.29, 1.82) is 0 Å². The van der Waals surface area contributed by atoms with Crippen molar-refractivity contribution in [3.8, 4) is 17.2 Å². The molecule has 2 N–H and O–H groups in total. The van der Waals surface area contributed by atoms with Gasteiger partial charge in [-0.05, 0) is 75.8 Å². The van der Waals surface area contributed by atoms with E-state index in [2.05, 4.69) is 35.7 Å². The van der Waals surface area contributed by atoms with Crippen LogP contribution in [0.1, 0.15) is 122 Å². The zero-order valence-corrected chi connectivity index (χ0v) is 42.7. The fourth-order valence-electron chi connectivity index (χ4n) is 10.5. The molecule has 3 aromatic heterocycles. The Balaban J connectivity index is 0.691. The van der Waals surface area contributed by atoms with Crippen LogP contribution in [0.3, 0.4) is 0 Å². The van der Waals surface area contributed by atoms with Crippen LogP contribution in [0.4, 0.5) is 28.8 Å². The minimum Gasteiger partial charge on any atom is -0.493 e. The summed E-state index contributed by atoms with van der Waals surface area (Å²) in [6.07, 6.45) is 11.3. The van der Waals surface area contributed by atoms with Crippen LogP contribution >= 0.6 is 0 Å². The molecule has 21 nitrogen and oxygen atoms in total. The third kappa shape index (κ3) is 11.4. The molecule has 2 saturated heterocycles. The van der Waals surface area contributed by atoms with E-state index in [1.54, 1.807) is 54.2 Å². The number of nitrogens with zero attached hydrogens (tertiary/aromatic N) is 9. The number of fused-ring (bicyclic) bond motifs is 2. The Bertz CT molecular complexity index is 3100. The molecule has 3 aliphatic heterocycles. The van der Waals surface area contributed by atoms with Crippen molar-refractivity contribution in [2.75, 3.05) is 57.2 Å². The summed E-state index contributed by atoms with van der Waals surface area (Å²) in [5.41, 5.74) is 3.78. The lowest BCUT2D eigenvalue weighted by Crippen LogP contribution is -2.52. The molecule has 0 bridgehead atoms. The number of azo groups is 1. The zero-order valence-electron chi connectivity index (χ0n) is 42.7. The Labute approximate surface area is 433 Å². The van der Waals surface area contributed by atoms with Gasteiger partial charge in [0.25, 0.3) is 11.5 Å². The fraction of sp³-hybridized carbons (Fsp3) is 0.444. The van der Waals surface area contributed by atoms with Crippen molar-refractivity contribution in [2.24, 2.45) is 10.2 Å². The number of ketones is 2. The quantitative estimate of drug-likeness (QED) is 0.0334. The molecule has 1 unspecified atom stereocenters. The molecule has 5 aromatic rings. The van der Waals surface area contributed by atoms with Crippen molar-refractivity contribution in [3.63, 3.8) is 0 Å². The van der Waals surface area contributed by atoms with E-state index in [0.717, 1.165) is 50.6 Å². The molecule has 3 fully saturated rings. The number of ether oxygens (including phenoxy) is 3. The lowest BCUT2D eigenvalue weighted by atomic mass is 10.0. The van der Waals surface area contributed by atoms with Gasteiger partial charge in [0.1, 0.15) is 24.1 Å². The van der Waals surface area contributed by atoms with Crippen LogP contribution in [-0.4, -0.2) is 118 Å². The summed E-state index contributed by atoms with van der Waals surface area (Å²) in [6.45, 7) is 5.68. The van der Waals surface area contributed by atoms with Gasteiger partial charge in [-0.1, -0.05) is 31.7 Å². The Morgan fingerprint density at radius 1 is 0.853 bits per heavy atom. The third-order valence-corrected chi connectivity index (χ3v) is 14.5. The molecule has 6 heterocycles. The molecule has 21 heteroatoms. The summed E-state index contributed by atoms with van der Waals surface area (Å²) >= 11 is 0. The first kappa shape index (κ1) is 51.8. The van der Waals surface area contributed by atoms with Gasteiger partial charge in [0.2, 0.25) is 29.4 Å². The fourth-order valence-corrected chi connectivity index (χ4v) is 10.5. The smallest absolute Gasteiger partial charge is 0.263 e. The van der Waals surface area contributed by atoms with E-state index < -0.39 is 11.9 Å². The average molecular weight is 1020 g/mol. The van der Waals surface area contributed by atoms with Gasteiger partial charge in [0.15, 0.2) is 23.1 Å². The predicted octanol–water partition coefficient (Wildman–Crippen LogP) is 7.39. The van der Waals surface area contributed by atoms with E-state index in [4.69, 9.17) is 19.2 Å². The van der Waals surface area contributed by atoms with Crippen molar-refractivity contribution in [1.82, 2.24) is 34.6 Å². The number of carbonyl (C=O) groups excluding carboxylic acids is 6. The molecular weight excluding hydrogens is 963 g/mol. The number of hydrogen-bond donors (Lipinski definition) is 2. The second-order valence-electron chi connectivity index (χ2n) is 19.3. The highest BCUT2D eigenvalue weighted by Gasteiger charge is 2.40. The Morgan fingerprint density at radius 2 is 1.59 bits per heavy atom. The highest BCUT2D eigenvalue weighted by Crippen LogP contribution is 2.42. The maximum atomic E-state index is 13.6. The highest BCUT2D eigenvalue weighted by atomic mass is 16.5. The van der Waals surface area contributed by atoms with Crippen LogP contribution in [-0.2, 0) is 25.7 Å². The number of rotatable bonds is 20. The second kappa shape index (κ2) is 23.0. The monoisotopic (exact) mass is 1020 g/mol. The Hall–Kier alpha value is -8.10. The van der Waals surface area contributed by atoms with Crippen LogP contribution in [0.15, 0.2) is 69.9 Å². The second-order valence-corrected chi connectivity index (χ2v) is 19.3. The molecule has 1 saturated carbocycles. The first-order chi connectivity index (χ1) is 36.3. The van der Waals surface area contributed by atoms with Gasteiger partial charge >= 0.3 is 0 Å². The Morgan fingerprint density at radius 3 is 2.27 bits per heavy atom. The molecule has 0 spiro atoms. The maximum Gasteiger partial charge on any atom is 0.263 e. The largest absolute Gasteiger partial charge is 0.493 e. The number of piperazine rings is 1. The van der Waals surface area contributed by atoms with E-state index in [1.165, 1.54) is 26.0 Å². The number of carbonyl (C=O) groups is 6. The molecule has 2 aromatic carbocycles. The van der Waals surface area contributed by atoms with Gasteiger partial charge in [-0.25, -0.2) is 9.97 Å². The SMILES string of the molecule is COc1cc(N=Nc2cccc3c2CN(C2CCC(=O)NC2=O)C3=O)cc(OC)c1OCC(=O)CCCCCCC(=O)N1CCN(c2ccc(Nc3ncc4c(C)c(C(C)=O)c(=O)n(C5CCCC5)c4n3)nc2)CC1. The number of nitrogens with one attached hydrogen (secondary N) is 2. The number of hydrogen-bond acceptors (Lipinski definition) is 17. The van der Waals surface area contributed by atoms with Crippen molar-refractivity contribution < 1.29 is 43.0 Å². The van der Waals surface area contributed by atoms with E-state index in [1.807, 2.05) is 17.0 Å². The van der Waals surface area contributed by atoms with Gasteiger partial charge in [0.05, 0.1) is 43.0 Å². The van der Waals surface area contributed by atoms with E-state index in [9.17, 15) is 33.6 Å². The lowest BCUT2D eigenvalue weighted by molar-refractivity contribution is -0.137. The first-order valence-electron chi connectivity index (χ1n) is 25.6. The Kier molecular flexibility index (Phi) is 15.9. The van der Waals surface area contributed by atoms with Gasteiger partial charge in [-0.15, -0.1) is 0 Å². The minimum absolute atomic E-state index is 0.0191. The number of aryl methyl sites for hydroxylation is 1. The number of anilines is 3. The minimum atomic E-state index is -0.754. The van der Waals surface area contributed by atoms with Crippen molar-refractivity contribution in [2.45, 2.75) is 110 Å². The summed E-state index contributed by atoms with van der Waals surface area (Å²) in [7, 11) is 2.92. The maximum absolute atomic E-state index is 13.6. The van der Waals surface area contributed by atoms with E-state index in [0.29, 0.717) is 96.3 Å². The van der Waals surface area contributed by atoms with Crippen LogP contribution in [0.25, 0.3) is 11.0 Å². The summed E-state index contributed by atoms with van der Waals surface area (Å²) in [5, 5.41) is 15.0. The number of unbranched alkanes of at least 4 members (excludes halogenated alkanes) is 3. The van der Waals surface area contributed by atoms with Gasteiger partial charge in [-0.2, -0.15) is 15.2 Å². The molecular formula is C54H61N11O10. The van der Waals surface area contributed by atoms with Crippen LogP contribution in [0.2, 0.25) is 0 Å². The average Bonchev–Trinajstić information content (AvgIpc) is 4.08. The molecule has 392 valence electrons. The summed E-state index contributed by atoms with van der Waals surface area (Å²) < 4.78 is 18.8. The number of piperidine rings is 1. The number of imide groups is 1. The molecule has 4 aliphatic rings. The zero-order chi connectivity index (χ0) is 52.8. The van der Waals surface area contributed by atoms with Crippen molar-refractivity contribution >= 4 is 75.1 Å². The van der Waals surface area contributed by atoms with E-state index >= 15 is 0 Å². The molecule has 4 amide bonds. The number of Topliss-reactive ketones (excluding diaryl/α,β-unsaturated/α-hetero) is 2. The normalized spacial score (nSPS) is 16.9. The van der Waals surface area contributed by atoms with Crippen LogP contribution < -0.4 is 35.3 Å². The number of methoxy groups -OCH3 is 2. The summed E-state index contributed by atoms with van der Waals surface area (Å²) in [5.74, 6) is 0.248. The third-order valence-electron chi connectivity index (χ3n) is 14.5. The number of pyridine rings is 2. The molecule has 9 rings (SSSR count). The molecule has 1 aliphatic carbocycles. The molecule has 75 heavy (non-hydrogen) atoms. The summed E-state index contributed by atoms with van der Waals surface area (Å²) in [4.78, 5) is 109. The first-order valence-corrected chi connectivity index (χ1v) is 25.6. The van der Waals surface area contributed by atoms with Crippen LogP contribution in [0.5, 0.6) is 17.2 Å². The van der Waals surface area contributed by atoms with Gasteiger partial charge < -0.3 is 34.2 Å². The number of aromatic nitrogens is 4. The van der Waals surface area contributed by atoms with Crippen molar-refractivity contribution in [3.05, 3.63) is 87.5 Å². The molecule has 1 atom stereocenters. The molecule has 0 radical (unpaired) electrons. The van der Waals surface area contributed by atoms with Gasteiger partial charge in [0, 0.05) is 92.9 Å². The topological polar surface area (TPSA) is 249 Å². The summed E-state index contributed by atoms with van der Waals surface area (Å²) in [6, 6.07) is 11.3. The van der Waals surface area contributed by atoms with E-state index in [-0.39, 0.29) is 89.7 Å². The number of amides is 4. The van der Waals surface area contributed by atoms with Gasteiger partial charge in [-0.3, -0.25) is 43.4 Å². The highest BCUT2D eigenvalue weighted by molar-refractivity contribution is 6.06. The standard InChI is InChI=1S/C54H61N11O10/c1-32-39-29-56-54(59-50(39)65(35-12-9-10-13-35)53(72)48(32)33(2)66)57-45-20-18-36(28-55-45)62-22-24-63(25-23-62)47(69)17-8-6-5-7-14-37(67)31-75-49-43(73-3)26-34(27-44(49)74-4)60-61-41-16-11-15-38-40(41)30-64(52(38)71)42-19-21-46(68)58-51(42)70/h11,15-16,18,20,26-29,35,42H,5-10,12-14,17,19,21-25,30-31H2,1-4H3,(H,58,68,70)(H,55,56,57,59).